The lowest BCUT2D eigenvalue weighted by molar-refractivity contribution is -0.141. The standard InChI is InChI=1S/C11H17N3O3/c1-4-8-13-9(5-10(15)14-8)12-7(3)6(2)11(16)17/h5-7H,4H2,1-3H3,(H,16,17)(H2,12,13,14,15). The zero-order valence-electron chi connectivity index (χ0n) is 10.2. The lowest BCUT2D eigenvalue weighted by Gasteiger charge is -2.18. The number of aromatic nitrogens is 2. The zero-order valence-corrected chi connectivity index (χ0v) is 10.2. The van der Waals surface area contributed by atoms with Crippen LogP contribution in [0.1, 0.15) is 26.6 Å². The molecule has 1 heterocycles. The Labute approximate surface area is 99.1 Å². The van der Waals surface area contributed by atoms with Crippen LogP contribution in [-0.4, -0.2) is 27.1 Å². The number of carboxylic acid groups (broad SMARTS) is 1. The van der Waals surface area contributed by atoms with Crippen molar-refractivity contribution < 1.29 is 9.90 Å². The van der Waals surface area contributed by atoms with Gasteiger partial charge in [-0.05, 0) is 13.8 Å². The molecule has 1 aromatic heterocycles. The molecule has 1 aromatic rings. The molecule has 0 saturated heterocycles. The molecule has 0 saturated carbocycles. The van der Waals surface area contributed by atoms with Gasteiger partial charge in [0.25, 0.3) is 5.56 Å². The molecule has 0 aliphatic carbocycles. The van der Waals surface area contributed by atoms with Gasteiger partial charge in [0.05, 0.1) is 5.92 Å². The maximum atomic E-state index is 11.3. The first-order chi connectivity index (χ1) is 7.93. The molecule has 17 heavy (non-hydrogen) atoms. The Morgan fingerprint density at radius 2 is 2.24 bits per heavy atom. The summed E-state index contributed by atoms with van der Waals surface area (Å²) >= 11 is 0. The number of aliphatic carboxylic acids is 1. The molecular formula is C11H17N3O3. The molecular weight excluding hydrogens is 222 g/mol. The van der Waals surface area contributed by atoms with Gasteiger partial charge in [-0.15, -0.1) is 0 Å². The van der Waals surface area contributed by atoms with Crippen molar-refractivity contribution in [3.63, 3.8) is 0 Å². The Kier molecular flexibility index (Phi) is 4.25. The highest BCUT2D eigenvalue weighted by atomic mass is 16.4. The smallest absolute Gasteiger partial charge is 0.308 e. The topological polar surface area (TPSA) is 95.1 Å². The highest BCUT2D eigenvalue weighted by Gasteiger charge is 2.19. The minimum Gasteiger partial charge on any atom is -0.481 e. The Morgan fingerprint density at radius 3 is 2.76 bits per heavy atom. The van der Waals surface area contributed by atoms with Gasteiger partial charge in [-0.3, -0.25) is 9.59 Å². The number of hydrogen-bond acceptors (Lipinski definition) is 4. The van der Waals surface area contributed by atoms with Gasteiger partial charge in [0.2, 0.25) is 0 Å². The molecule has 0 aliphatic heterocycles. The van der Waals surface area contributed by atoms with E-state index in [-0.39, 0.29) is 11.6 Å². The van der Waals surface area contributed by atoms with Crippen LogP contribution in [0.3, 0.4) is 0 Å². The van der Waals surface area contributed by atoms with Crippen LogP contribution < -0.4 is 10.9 Å². The van der Waals surface area contributed by atoms with E-state index in [1.165, 1.54) is 6.07 Å². The molecule has 0 spiro atoms. The van der Waals surface area contributed by atoms with Gasteiger partial charge in [0.1, 0.15) is 11.6 Å². The molecule has 0 aromatic carbocycles. The SMILES string of the molecule is CCc1nc(NC(C)C(C)C(=O)O)cc(=O)[nH]1. The molecule has 0 amide bonds. The molecule has 2 unspecified atom stereocenters. The average Bonchev–Trinajstić information content (AvgIpc) is 2.26. The number of nitrogens with zero attached hydrogens (tertiary/aromatic N) is 1. The minimum absolute atomic E-state index is 0.241. The summed E-state index contributed by atoms with van der Waals surface area (Å²) in [6, 6.07) is 1.02. The van der Waals surface area contributed by atoms with Crippen molar-refractivity contribution in [2.75, 3.05) is 5.32 Å². The molecule has 1 rings (SSSR count). The Bertz CT molecular complexity index is 456. The summed E-state index contributed by atoms with van der Waals surface area (Å²) < 4.78 is 0. The van der Waals surface area contributed by atoms with Crippen molar-refractivity contribution in [1.82, 2.24) is 9.97 Å². The number of anilines is 1. The van der Waals surface area contributed by atoms with Crippen LogP contribution in [0, 0.1) is 5.92 Å². The molecule has 2 atom stereocenters. The minimum atomic E-state index is -0.884. The first kappa shape index (κ1) is 13.2. The summed E-state index contributed by atoms with van der Waals surface area (Å²) in [6.07, 6.45) is 0.619. The Balaban J connectivity index is 2.84. The first-order valence-corrected chi connectivity index (χ1v) is 5.53. The summed E-state index contributed by atoms with van der Waals surface area (Å²) in [5, 5.41) is 11.8. The normalized spacial score (nSPS) is 14.1. The van der Waals surface area contributed by atoms with Crippen LogP contribution in [0.2, 0.25) is 0 Å². The molecule has 6 nitrogen and oxygen atoms in total. The van der Waals surface area contributed by atoms with Crippen molar-refractivity contribution >= 4 is 11.8 Å². The van der Waals surface area contributed by atoms with Gasteiger partial charge in [0, 0.05) is 18.5 Å². The molecule has 94 valence electrons. The third-order valence-corrected chi connectivity index (χ3v) is 2.64. The maximum Gasteiger partial charge on any atom is 0.308 e. The van der Waals surface area contributed by atoms with E-state index < -0.39 is 11.9 Å². The number of aromatic amines is 1. The van der Waals surface area contributed by atoms with E-state index in [1.807, 2.05) is 6.92 Å². The van der Waals surface area contributed by atoms with Crippen molar-refractivity contribution in [2.24, 2.45) is 5.92 Å². The second kappa shape index (κ2) is 5.47. The lowest BCUT2D eigenvalue weighted by Crippen LogP contribution is -2.30. The van der Waals surface area contributed by atoms with E-state index >= 15 is 0 Å². The van der Waals surface area contributed by atoms with Crippen molar-refractivity contribution in [2.45, 2.75) is 33.2 Å². The van der Waals surface area contributed by atoms with Gasteiger partial charge in [-0.2, -0.15) is 0 Å². The van der Waals surface area contributed by atoms with Crippen LogP contribution in [0.15, 0.2) is 10.9 Å². The number of aryl methyl sites for hydroxylation is 1. The van der Waals surface area contributed by atoms with E-state index in [1.54, 1.807) is 13.8 Å². The van der Waals surface area contributed by atoms with Crippen LogP contribution in [0.25, 0.3) is 0 Å². The summed E-state index contributed by atoms with van der Waals surface area (Å²) in [5.41, 5.74) is -0.241. The van der Waals surface area contributed by atoms with Crippen LogP contribution in [-0.2, 0) is 11.2 Å². The molecule has 3 N–H and O–H groups in total. The van der Waals surface area contributed by atoms with Crippen LogP contribution >= 0.6 is 0 Å². The number of H-pyrrole nitrogens is 1. The highest BCUT2D eigenvalue weighted by Crippen LogP contribution is 2.09. The summed E-state index contributed by atoms with van der Waals surface area (Å²) in [6.45, 7) is 5.23. The largest absolute Gasteiger partial charge is 0.481 e. The van der Waals surface area contributed by atoms with Gasteiger partial charge >= 0.3 is 5.97 Å². The predicted octanol–water partition coefficient (Wildman–Crippen LogP) is 0.853. The fraction of sp³-hybridized carbons (Fsp3) is 0.545. The van der Waals surface area contributed by atoms with Crippen molar-refractivity contribution in [3.8, 4) is 0 Å². The predicted molar refractivity (Wildman–Crippen MR) is 64.1 cm³/mol. The van der Waals surface area contributed by atoms with Gasteiger partial charge in [-0.25, -0.2) is 4.98 Å². The van der Waals surface area contributed by atoms with Gasteiger partial charge < -0.3 is 15.4 Å². The number of carbonyl (C=O) groups is 1. The van der Waals surface area contributed by atoms with E-state index in [0.717, 1.165) is 0 Å². The highest BCUT2D eigenvalue weighted by molar-refractivity contribution is 5.70. The molecule has 0 aliphatic rings. The molecule has 0 bridgehead atoms. The van der Waals surface area contributed by atoms with Gasteiger partial charge in [0.15, 0.2) is 0 Å². The third-order valence-electron chi connectivity index (χ3n) is 2.64. The summed E-state index contributed by atoms with van der Waals surface area (Å²) in [7, 11) is 0. The third kappa shape index (κ3) is 3.58. The average molecular weight is 239 g/mol. The fourth-order valence-corrected chi connectivity index (χ4v) is 1.32. The van der Waals surface area contributed by atoms with E-state index in [2.05, 4.69) is 15.3 Å². The fourth-order valence-electron chi connectivity index (χ4n) is 1.32. The van der Waals surface area contributed by atoms with Crippen LogP contribution in [0.4, 0.5) is 5.82 Å². The molecule has 6 heteroatoms. The van der Waals surface area contributed by atoms with E-state index in [4.69, 9.17) is 5.11 Å². The first-order valence-electron chi connectivity index (χ1n) is 5.53. The second-order valence-corrected chi connectivity index (χ2v) is 3.99. The number of rotatable bonds is 5. The maximum absolute atomic E-state index is 11.3. The Morgan fingerprint density at radius 1 is 1.59 bits per heavy atom. The number of nitrogens with one attached hydrogen (secondary N) is 2. The van der Waals surface area contributed by atoms with Crippen LogP contribution in [0.5, 0.6) is 0 Å². The monoisotopic (exact) mass is 239 g/mol. The zero-order chi connectivity index (χ0) is 13.0. The quantitative estimate of drug-likeness (QED) is 0.708. The molecule has 0 radical (unpaired) electrons. The van der Waals surface area contributed by atoms with E-state index in [0.29, 0.717) is 18.1 Å². The second-order valence-electron chi connectivity index (χ2n) is 3.99. The lowest BCUT2D eigenvalue weighted by atomic mass is 10.0. The van der Waals surface area contributed by atoms with Crippen molar-refractivity contribution in [1.29, 1.82) is 0 Å². The molecule has 0 fully saturated rings. The van der Waals surface area contributed by atoms with Gasteiger partial charge in [-0.1, -0.05) is 6.92 Å². The van der Waals surface area contributed by atoms with Crippen molar-refractivity contribution in [3.05, 3.63) is 22.2 Å². The number of hydrogen-bond donors (Lipinski definition) is 3. The number of carboxylic acids is 1. The Hall–Kier alpha value is -1.85. The summed E-state index contributed by atoms with van der Waals surface area (Å²) in [5.74, 6) is -0.451. The van der Waals surface area contributed by atoms with E-state index in [9.17, 15) is 9.59 Å². The summed E-state index contributed by atoms with van der Waals surface area (Å²) in [4.78, 5) is 28.9.